The van der Waals surface area contributed by atoms with Crippen LogP contribution in [-0.2, 0) is 0 Å². The van der Waals surface area contributed by atoms with Crippen molar-refractivity contribution in [2.24, 2.45) is 0 Å². The Morgan fingerprint density at radius 3 is 1.13 bits per heavy atom. The fourth-order valence-corrected chi connectivity index (χ4v) is 2.88. The highest BCUT2D eigenvalue weighted by atomic mass is 14.1. The summed E-state index contributed by atoms with van der Waals surface area (Å²) in [4.78, 5) is 0. The van der Waals surface area contributed by atoms with Gasteiger partial charge in [-0.2, -0.15) is 0 Å². The van der Waals surface area contributed by atoms with Gasteiger partial charge >= 0.3 is 0 Å². The number of aryl methyl sites for hydroxylation is 4. The van der Waals surface area contributed by atoms with E-state index >= 15 is 0 Å². The van der Waals surface area contributed by atoms with E-state index in [0.717, 1.165) is 0 Å². The first-order chi connectivity index (χ1) is 10.6. The van der Waals surface area contributed by atoms with Gasteiger partial charge in [0.05, 0.1) is 0 Å². The molecule has 0 unspecified atom stereocenters. The molecule has 0 saturated heterocycles. The predicted octanol–water partition coefficient (Wildman–Crippen LogP) is 7.92. The standard InChI is InChI=1S/C18H18.2C2H6.CH4/c1-11-5-7-15-13(3)16-8-6-12(2)10-18(16)14(4)17(15)9-11;2*1-2;/h5-10H,1-4H3;2*1-2H3;1H4. The molecule has 0 bridgehead atoms. The Morgan fingerprint density at radius 1 is 0.478 bits per heavy atom. The van der Waals surface area contributed by atoms with Crippen LogP contribution in [0.3, 0.4) is 0 Å². The van der Waals surface area contributed by atoms with Crippen LogP contribution in [0.15, 0.2) is 36.4 Å². The van der Waals surface area contributed by atoms with E-state index in [1.165, 1.54) is 43.8 Å². The van der Waals surface area contributed by atoms with E-state index in [-0.39, 0.29) is 7.43 Å². The van der Waals surface area contributed by atoms with Gasteiger partial charge in [-0.15, -0.1) is 0 Å². The topological polar surface area (TPSA) is 0 Å². The fraction of sp³-hybridized carbons (Fsp3) is 0.391. The monoisotopic (exact) mass is 310 g/mol. The summed E-state index contributed by atoms with van der Waals surface area (Å²) in [6, 6.07) is 13.5. The van der Waals surface area contributed by atoms with Gasteiger partial charge < -0.3 is 0 Å². The molecule has 0 heterocycles. The number of hydrogen-bond donors (Lipinski definition) is 0. The average molecular weight is 311 g/mol. The van der Waals surface area contributed by atoms with E-state index < -0.39 is 0 Å². The molecule has 0 aliphatic carbocycles. The molecule has 0 amide bonds. The Labute approximate surface area is 143 Å². The van der Waals surface area contributed by atoms with E-state index in [1.54, 1.807) is 0 Å². The summed E-state index contributed by atoms with van der Waals surface area (Å²) in [6.45, 7) is 16.8. The molecule has 0 atom stereocenters. The fourth-order valence-electron chi connectivity index (χ4n) is 2.88. The zero-order valence-corrected chi connectivity index (χ0v) is 15.5. The molecule has 3 aromatic rings. The Kier molecular flexibility index (Phi) is 8.61. The summed E-state index contributed by atoms with van der Waals surface area (Å²) in [5, 5.41) is 5.56. The van der Waals surface area contributed by atoms with Crippen molar-refractivity contribution in [1.29, 1.82) is 0 Å². The summed E-state index contributed by atoms with van der Waals surface area (Å²) in [5.41, 5.74) is 5.46. The first-order valence-electron chi connectivity index (χ1n) is 8.48. The van der Waals surface area contributed by atoms with Gasteiger partial charge in [0.15, 0.2) is 0 Å². The van der Waals surface area contributed by atoms with Crippen molar-refractivity contribution < 1.29 is 0 Å². The third-order valence-corrected chi connectivity index (χ3v) is 3.97. The maximum Gasteiger partial charge on any atom is -0.0143 e. The quantitative estimate of drug-likeness (QED) is 0.370. The zero-order chi connectivity index (χ0) is 16.9. The minimum Gasteiger partial charge on any atom is -0.0776 e. The van der Waals surface area contributed by atoms with Gasteiger partial charge in [-0.25, -0.2) is 0 Å². The van der Waals surface area contributed by atoms with Crippen molar-refractivity contribution in [2.45, 2.75) is 62.8 Å². The van der Waals surface area contributed by atoms with Gasteiger partial charge in [0.25, 0.3) is 0 Å². The molecule has 0 nitrogen and oxygen atoms in total. The summed E-state index contributed by atoms with van der Waals surface area (Å²) in [6.07, 6.45) is 0. The molecular formula is C23H34. The lowest BCUT2D eigenvalue weighted by Gasteiger charge is -2.13. The van der Waals surface area contributed by atoms with Gasteiger partial charge in [-0.3, -0.25) is 0 Å². The Morgan fingerprint density at radius 2 is 0.783 bits per heavy atom. The van der Waals surface area contributed by atoms with Crippen LogP contribution in [0.1, 0.15) is 57.4 Å². The van der Waals surface area contributed by atoms with Crippen LogP contribution in [0.5, 0.6) is 0 Å². The van der Waals surface area contributed by atoms with Crippen LogP contribution in [-0.4, -0.2) is 0 Å². The molecule has 0 N–H and O–H groups in total. The first-order valence-corrected chi connectivity index (χ1v) is 8.48. The van der Waals surface area contributed by atoms with Gasteiger partial charge in [-0.05, 0) is 60.4 Å². The lowest BCUT2D eigenvalue weighted by Crippen LogP contribution is -1.89. The third kappa shape index (κ3) is 4.13. The van der Waals surface area contributed by atoms with Gasteiger partial charge in [0.2, 0.25) is 0 Å². The Bertz CT molecular complexity index is 701. The average Bonchev–Trinajstić information content (AvgIpc) is 2.56. The summed E-state index contributed by atoms with van der Waals surface area (Å²) >= 11 is 0. The highest BCUT2D eigenvalue weighted by Crippen LogP contribution is 2.32. The van der Waals surface area contributed by atoms with Crippen LogP contribution >= 0.6 is 0 Å². The molecule has 0 saturated carbocycles. The molecule has 0 aromatic heterocycles. The van der Waals surface area contributed by atoms with Gasteiger partial charge in [0.1, 0.15) is 0 Å². The first kappa shape index (κ1) is 21.2. The Balaban J connectivity index is 0.000000901. The number of rotatable bonds is 0. The molecule has 0 heteroatoms. The minimum absolute atomic E-state index is 0. The van der Waals surface area contributed by atoms with Crippen LogP contribution in [0.4, 0.5) is 0 Å². The normalized spacial score (nSPS) is 9.39. The molecule has 0 fully saturated rings. The molecule has 0 radical (unpaired) electrons. The van der Waals surface area contributed by atoms with Crippen LogP contribution < -0.4 is 0 Å². The lowest BCUT2D eigenvalue weighted by molar-refractivity contribution is 1.44. The van der Waals surface area contributed by atoms with Gasteiger partial charge in [0, 0.05) is 0 Å². The van der Waals surface area contributed by atoms with E-state index in [1.807, 2.05) is 27.7 Å². The van der Waals surface area contributed by atoms with Crippen molar-refractivity contribution in [3.05, 3.63) is 58.7 Å². The second-order valence-corrected chi connectivity index (χ2v) is 5.35. The number of fused-ring (bicyclic) bond motifs is 2. The largest absolute Gasteiger partial charge is 0.0776 e. The third-order valence-electron chi connectivity index (χ3n) is 3.97. The van der Waals surface area contributed by atoms with E-state index in [2.05, 4.69) is 64.1 Å². The predicted molar refractivity (Wildman–Crippen MR) is 110 cm³/mol. The second kappa shape index (κ2) is 9.35. The van der Waals surface area contributed by atoms with Crippen LogP contribution in [0.2, 0.25) is 0 Å². The van der Waals surface area contributed by atoms with Crippen LogP contribution in [0, 0.1) is 27.7 Å². The highest BCUT2D eigenvalue weighted by molar-refractivity contribution is 6.05. The van der Waals surface area contributed by atoms with Crippen molar-refractivity contribution in [3.63, 3.8) is 0 Å². The summed E-state index contributed by atoms with van der Waals surface area (Å²) in [7, 11) is 0. The second-order valence-electron chi connectivity index (χ2n) is 5.35. The molecule has 126 valence electrons. The van der Waals surface area contributed by atoms with Crippen molar-refractivity contribution in [3.8, 4) is 0 Å². The van der Waals surface area contributed by atoms with E-state index in [9.17, 15) is 0 Å². The minimum atomic E-state index is 0. The molecule has 0 aliphatic heterocycles. The molecule has 3 aromatic carbocycles. The van der Waals surface area contributed by atoms with Crippen molar-refractivity contribution in [1.82, 2.24) is 0 Å². The molecule has 0 spiro atoms. The number of benzene rings is 3. The molecular weight excluding hydrogens is 276 g/mol. The maximum atomic E-state index is 2.30. The van der Waals surface area contributed by atoms with Crippen molar-refractivity contribution >= 4 is 21.5 Å². The number of hydrogen-bond acceptors (Lipinski definition) is 0. The van der Waals surface area contributed by atoms with Gasteiger partial charge in [-0.1, -0.05) is 82.6 Å². The SMILES string of the molecule is C.CC.CC.Cc1ccc2c(C)c3ccc(C)cc3c(C)c2c1. The molecule has 23 heavy (non-hydrogen) atoms. The van der Waals surface area contributed by atoms with Crippen LogP contribution in [0.25, 0.3) is 21.5 Å². The smallest absolute Gasteiger partial charge is 0.0143 e. The Hall–Kier alpha value is -1.82. The van der Waals surface area contributed by atoms with Crippen molar-refractivity contribution in [2.75, 3.05) is 0 Å². The summed E-state index contributed by atoms with van der Waals surface area (Å²) < 4.78 is 0. The molecule has 3 rings (SSSR count). The summed E-state index contributed by atoms with van der Waals surface area (Å²) in [5.74, 6) is 0. The lowest BCUT2D eigenvalue weighted by atomic mass is 9.91. The van der Waals surface area contributed by atoms with E-state index in [4.69, 9.17) is 0 Å². The molecule has 0 aliphatic rings. The maximum absolute atomic E-state index is 2.30. The van der Waals surface area contributed by atoms with E-state index in [0.29, 0.717) is 0 Å². The highest BCUT2D eigenvalue weighted by Gasteiger charge is 2.08. The zero-order valence-electron chi connectivity index (χ0n) is 15.5.